The van der Waals surface area contributed by atoms with Gasteiger partial charge in [-0.1, -0.05) is 104 Å². The lowest BCUT2D eigenvalue weighted by Gasteiger charge is -2.17. The highest BCUT2D eigenvalue weighted by Crippen LogP contribution is 2.47. The number of hydrogen-bond acceptors (Lipinski definition) is 3. The van der Waals surface area contributed by atoms with Crippen LogP contribution in [-0.4, -0.2) is 31.1 Å². The zero-order valence-electron chi connectivity index (χ0n) is 19.3. The van der Waals surface area contributed by atoms with E-state index in [4.69, 9.17) is 4.74 Å². The van der Waals surface area contributed by atoms with Gasteiger partial charge in [0.15, 0.2) is 0 Å². The van der Waals surface area contributed by atoms with Crippen molar-refractivity contribution in [3.8, 4) is 0 Å². The maximum Gasteiger partial charge on any atom is 0.313 e. The highest BCUT2D eigenvalue weighted by molar-refractivity contribution is 7.64. The number of unbranched alkanes of at least 4 members (excludes halogenated alkanes) is 14. The van der Waals surface area contributed by atoms with E-state index in [-0.39, 0.29) is 12.1 Å². The second-order valence-electron chi connectivity index (χ2n) is 8.42. The molecule has 0 rings (SSSR count). The summed E-state index contributed by atoms with van der Waals surface area (Å²) >= 11 is 0. The molecule has 4 heteroatoms. The SMILES string of the molecule is CCCCCCCCCCP(=O)(CCCCCCCCCC)CC(=O)OCC. The third-order valence-corrected chi connectivity index (χ3v) is 8.66. The Labute approximate surface area is 176 Å². The molecule has 0 N–H and O–H groups in total. The van der Waals surface area contributed by atoms with Gasteiger partial charge in [-0.15, -0.1) is 0 Å². The Kier molecular flexibility index (Phi) is 19.8. The van der Waals surface area contributed by atoms with E-state index in [0.717, 1.165) is 38.0 Å². The highest BCUT2D eigenvalue weighted by Gasteiger charge is 2.25. The number of hydrogen-bond donors (Lipinski definition) is 0. The quantitative estimate of drug-likeness (QED) is 0.108. The number of carbonyl (C=O) groups is 1. The molecule has 0 aromatic carbocycles. The van der Waals surface area contributed by atoms with Crippen LogP contribution in [0.3, 0.4) is 0 Å². The number of esters is 1. The van der Waals surface area contributed by atoms with Gasteiger partial charge in [0.05, 0.1) is 19.9 Å². The van der Waals surface area contributed by atoms with Gasteiger partial charge in [0, 0.05) is 12.3 Å². The van der Waals surface area contributed by atoms with Crippen LogP contribution in [0, 0.1) is 0 Å². The summed E-state index contributed by atoms with van der Waals surface area (Å²) < 4.78 is 18.4. The zero-order valence-corrected chi connectivity index (χ0v) is 20.2. The summed E-state index contributed by atoms with van der Waals surface area (Å²) in [6.07, 6.45) is 21.6. The fraction of sp³-hybridized carbons (Fsp3) is 0.958. The first-order valence-corrected chi connectivity index (χ1v) is 14.6. The van der Waals surface area contributed by atoms with Crippen molar-refractivity contribution in [1.29, 1.82) is 0 Å². The molecule has 0 unspecified atom stereocenters. The summed E-state index contributed by atoms with van der Waals surface area (Å²) in [6, 6.07) is 0. The van der Waals surface area contributed by atoms with Crippen molar-refractivity contribution in [2.24, 2.45) is 0 Å². The van der Waals surface area contributed by atoms with E-state index in [1.165, 1.54) is 77.0 Å². The summed E-state index contributed by atoms with van der Waals surface area (Å²) in [5.74, 6) is -0.259. The fourth-order valence-electron chi connectivity index (χ4n) is 3.78. The summed E-state index contributed by atoms with van der Waals surface area (Å²) in [7, 11) is -2.41. The van der Waals surface area contributed by atoms with Crippen LogP contribution in [-0.2, 0) is 14.1 Å². The second kappa shape index (κ2) is 20.0. The van der Waals surface area contributed by atoms with Gasteiger partial charge in [0.1, 0.15) is 0 Å². The molecular formula is C24H49O3P. The molecule has 0 saturated carbocycles. The number of carbonyl (C=O) groups excluding carboxylic acids is 1. The smallest absolute Gasteiger partial charge is 0.313 e. The molecule has 0 aliphatic carbocycles. The average molecular weight is 417 g/mol. The van der Waals surface area contributed by atoms with E-state index in [2.05, 4.69) is 13.8 Å². The molecule has 0 fully saturated rings. The minimum atomic E-state index is -2.41. The van der Waals surface area contributed by atoms with Crippen molar-refractivity contribution in [2.75, 3.05) is 25.1 Å². The van der Waals surface area contributed by atoms with E-state index in [1.807, 2.05) is 6.92 Å². The van der Waals surface area contributed by atoms with Crippen LogP contribution in [0.2, 0.25) is 0 Å². The molecule has 0 heterocycles. The fourth-order valence-corrected chi connectivity index (χ4v) is 6.48. The summed E-state index contributed by atoms with van der Waals surface area (Å²) in [5, 5.41) is 0. The third kappa shape index (κ3) is 17.8. The molecule has 0 aliphatic heterocycles. The molecule has 0 amide bonds. The van der Waals surface area contributed by atoms with E-state index in [0.29, 0.717) is 6.61 Å². The first kappa shape index (κ1) is 27.7. The van der Waals surface area contributed by atoms with Gasteiger partial charge in [0.2, 0.25) is 0 Å². The topological polar surface area (TPSA) is 43.4 Å². The van der Waals surface area contributed by atoms with Gasteiger partial charge >= 0.3 is 5.97 Å². The van der Waals surface area contributed by atoms with Gasteiger partial charge < -0.3 is 9.30 Å². The molecule has 0 atom stereocenters. The average Bonchev–Trinajstić information content (AvgIpc) is 2.66. The number of rotatable bonds is 21. The third-order valence-electron chi connectivity index (χ3n) is 5.56. The van der Waals surface area contributed by atoms with E-state index < -0.39 is 7.14 Å². The van der Waals surface area contributed by atoms with Gasteiger partial charge in [-0.3, -0.25) is 4.79 Å². The number of ether oxygens (including phenoxy) is 1. The summed E-state index contributed by atoms with van der Waals surface area (Å²) in [5.41, 5.74) is 0. The summed E-state index contributed by atoms with van der Waals surface area (Å²) in [6.45, 7) is 6.69. The van der Waals surface area contributed by atoms with Crippen LogP contribution in [0.1, 0.15) is 124 Å². The molecule has 168 valence electrons. The van der Waals surface area contributed by atoms with Crippen LogP contribution in [0.4, 0.5) is 0 Å². The van der Waals surface area contributed by atoms with Gasteiger partial charge in [-0.05, 0) is 19.8 Å². The van der Waals surface area contributed by atoms with Crippen LogP contribution in [0.25, 0.3) is 0 Å². The Morgan fingerprint density at radius 3 is 1.32 bits per heavy atom. The molecule has 0 radical (unpaired) electrons. The lowest BCUT2D eigenvalue weighted by atomic mass is 10.1. The normalized spacial score (nSPS) is 11.7. The van der Waals surface area contributed by atoms with Crippen molar-refractivity contribution in [1.82, 2.24) is 0 Å². The predicted octanol–water partition coefficient (Wildman–Crippen LogP) is 8.19. The van der Waals surface area contributed by atoms with Gasteiger partial charge in [-0.25, -0.2) is 0 Å². The van der Waals surface area contributed by atoms with Crippen LogP contribution in [0.5, 0.6) is 0 Å². The minimum Gasteiger partial charge on any atom is -0.466 e. The minimum absolute atomic E-state index is 0.161. The van der Waals surface area contributed by atoms with Crippen LogP contribution >= 0.6 is 7.14 Å². The molecule has 3 nitrogen and oxygen atoms in total. The molecule has 28 heavy (non-hydrogen) atoms. The second-order valence-corrected chi connectivity index (χ2v) is 11.7. The Balaban J connectivity index is 4.08. The molecule has 0 aromatic rings. The first-order chi connectivity index (χ1) is 13.6. The predicted molar refractivity (Wildman–Crippen MR) is 124 cm³/mol. The Hall–Kier alpha value is -0.300. The molecule has 0 spiro atoms. The summed E-state index contributed by atoms with van der Waals surface area (Å²) in [4.78, 5) is 11.9. The van der Waals surface area contributed by atoms with Crippen molar-refractivity contribution in [3.63, 3.8) is 0 Å². The molecular weight excluding hydrogens is 367 g/mol. The lowest BCUT2D eigenvalue weighted by Crippen LogP contribution is -2.13. The van der Waals surface area contributed by atoms with Crippen LogP contribution < -0.4 is 0 Å². The Morgan fingerprint density at radius 1 is 0.607 bits per heavy atom. The van der Waals surface area contributed by atoms with Crippen molar-refractivity contribution < 1.29 is 14.1 Å². The Morgan fingerprint density at radius 2 is 0.964 bits per heavy atom. The Bertz CT molecular complexity index is 371. The van der Waals surface area contributed by atoms with E-state index in [1.54, 1.807) is 0 Å². The van der Waals surface area contributed by atoms with Gasteiger partial charge in [-0.2, -0.15) is 0 Å². The van der Waals surface area contributed by atoms with Crippen molar-refractivity contribution >= 4 is 13.1 Å². The van der Waals surface area contributed by atoms with E-state index >= 15 is 0 Å². The van der Waals surface area contributed by atoms with Crippen molar-refractivity contribution in [2.45, 2.75) is 124 Å². The monoisotopic (exact) mass is 416 g/mol. The zero-order chi connectivity index (χ0) is 20.9. The van der Waals surface area contributed by atoms with Gasteiger partial charge in [0.25, 0.3) is 0 Å². The van der Waals surface area contributed by atoms with Crippen LogP contribution in [0.15, 0.2) is 0 Å². The van der Waals surface area contributed by atoms with E-state index in [9.17, 15) is 9.36 Å². The molecule has 0 aromatic heterocycles. The van der Waals surface area contributed by atoms with Crippen molar-refractivity contribution in [3.05, 3.63) is 0 Å². The largest absolute Gasteiger partial charge is 0.466 e. The maximum absolute atomic E-state index is 13.3. The molecule has 0 bridgehead atoms. The highest BCUT2D eigenvalue weighted by atomic mass is 31.2. The molecule has 0 saturated heterocycles. The maximum atomic E-state index is 13.3. The lowest BCUT2D eigenvalue weighted by molar-refractivity contribution is -0.140. The standard InChI is InChI=1S/C24H49O3P/c1-4-7-9-11-13-15-17-19-21-28(26,23-24(25)27-6-3)22-20-18-16-14-12-10-8-5-2/h4-23H2,1-3H3. The first-order valence-electron chi connectivity index (χ1n) is 12.3. The molecule has 0 aliphatic rings.